The summed E-state index contributed by atoms with van der Waals surface area (Å²) in [5.41, 5.74) is 2.93. The summed E-state index contributed by atoms with van der Waals surface area (Å²) in [6.07, 6.45) is 3.95. The minimum absolute atomic E-state index is 0.497. The molecule has 2 aliphatic rings. The first-order valence-electron chi connectivity index (χ1n) is 7.99. The molecule has 20 heavy (non-hydrogen) atoms. The summed E-state index contributed by atoms with van der Waals surface area (Å²) in [6.45, 7) is 5.52. The summed E-state index contributed by atoms with van der Waals surface area (Å²) in [4.78, 5) is 2.54. The van der Waals surface area contributed by atoms with Crippen molar-refractivity contribution in [2.24, 2.45) is 0 Å². The van der Waals surface area contributed by atoms with Crippen molar-refractivity contribution >= 4 is 0 Å². The smallest absolute Gasteiger partial charge is 0.0336 e. The van der Waals surface area contributed by atoms with Crippen molar-refractivity contribution in [3.8, 4) is 0 Å². The van der Waals surface area contributed by atoms with Gasteiger partial charge in [0.15, 0.2) is 0 Å². The van der Waals surface area contributed by atoms with E-state index in [-0.39, 0.29) is 0 Å². The Balaban J connectivity index is 1.61. The van der Waals surface area contributed by atoms with Crippen LogP contribution in [0.3, 0.4) is 0 Å². The zero-order valence-corrected chi connectivity index (χ0v) is 12.7. The van der Waals surface area contributed by atoms with Crippen molar-refractivity contribution in [3.05, 3.63) is 35.4 Å². The molecule has 1 saturated carbocycles. The standard InChI is InChI=1S/C17H27N3/c1-13(20(2)15-7-8-15)11-19-17-9-10-18-12-14-5-3-4-6-16(14)17/h3-6,13,15,17-19H,7-12H2,1-2H3. The molecule has 0 saturated heterocycles. The van der Waals surface area contributed by atoms with E-state index in [1.165, 1.54) is 30.4 Å². The Kier molecular flexibility index (Phi) is 4.39. The predicted molar refractivity (Wildman–Crippen MR) is 83.8 cm³/mol. The molecule has 0 amide bonds. The van der Waals surface area contributed by atoms with Gasteiger partial charge in [0, 0.05) is 31.2 Å². The van der Waals surface area contributed by atoms with Crippen LogP contribution in [0.5, 0.6) is 0 Å². The Hall–Kier alpha value is -0.900. The Morgan fingerprint density at radius 2 is 2.10 bits per heavy atom. The molecule has 2 N–H and O–H groups in total. The van der Waals surface area contributed by atoms with Crippen molar-refractivity contribution in [1.82, 2.24) is 15.5 Å². The molecule has 2 unspecified atom stereocenters. The second-order valence-electron chi connectivity index (χ2n) is 6.37. The maximum absolute atomic E-state index is 3.80. The van der Waals surface area contributed by atoms with Crippen LogP contribution < -0.4 is 10.6 Å². The van der Waals surface area contributed by atoms with Crippen LogP contribution in [0, 0.1) is 0 Å². The zero-order valence-electron chi connectivity index (χ0n) is 12.7. The van der Waals surface area contributed by atoms with E-state index in [4.69, 9.17) is 0 Å². The van der Waals surface area contributed by atoms with Crippen LogP contribution in [0.4, 0.5) is 0 Å². The van der Waals surface area contributed by atoms with Crippen molar-refractivity contribution in [3.63, 3.8) is 0 Å². The molecule has 2 atom stereocenters. The maximum atomic E-state index is 3.80. The molecule has 1 aromatic carbocycles. The first-order valence-corrected chi connectivity index (χ1v) is 7.99. The van der Waals surface area contributed by atoms with Crippen LogP contribution in [0.1, 0.15) is 43.4 Å². The third-order valence-electron chi connectivity index (χ3n) is 4.83. The first kappa shape index (κ1) is 14.1. The SMILES string of the molecule is CC(CNC1CCNCc2ccccc21)N(C)C1CC1. The number of nitrogens with zero attached hydrogens (tertiary/aromatic N) is 1. The van der Waals surface area contributed by atoms with E-state index in [0.717, 1.165) is 25.7 Å². The molecule has 3 heteroatoms. The summed E-state index contributed by atoms with van der Waals surface area (Å²) in [5.74, 6) is 0. The summed E-state index contributed by atoms with van der Waals surface area (Å²) >= 11 is 0. The van der Waals surface area contributed by atoms with Gasteiger partial charge in [-0.25, -0.2) is 0 Å². The van der Waals surface area contributed by atoms with E-state index in [1.807, 2.05) is 0 Å². The van der Waals surface area contributed by atoms with Gasteiger partial charge in [-0.1, -0.05) is 24.3 Å². The lowest BCUT2D eigenvalue weighted by Crippen LogP contribution is -2.40. The van der Waals surface area contributed by atoms with Gasteiger partial charge in [0.05, 0.1) is 0 Å². The highest BCUT2D eigenvalue weighted by Gasteiger charge is 2.29. The topological polar surface area (TPSA) is 27.3 Å². The summed E-state index contributed by atoms with van der Waals surface area (Å²) < 4.78 is 0. The molecular weight excluding hydrogens is 246 g/mol. The quantitative estimate of drug-likeness (QED) is 0.862. The first-order chi connectivity index (χ1) is 9.75. The number of rotatable bonds is 5. The molecular formula is C17H27N3. The molecule has 3 rings (SSSR count). The lowest BCUT2D eigenvalue weighted by atomic mass is 9.99. The van der Waals surface area contributed by atoms with E-state index in [1.54, 1.807) is 0 Å². The number of likely N-dealkylation sites (N-methyl/N-ethyl adjacent to an activating group) is 1. The molecule has 0 bridgehead atoms. The van der Waals surface area contributed by atoms with E-state index < -0.39 is 0 Å². The molecule has 0 spiro atoms. The number of hydrogen-bond acceptors (Lipinski definition) is 3. The van der Waals surface area contributed by atoms with Gasteiger partial charge in [-0.2, -0.15) is 0 Å². The lowest BCUT2D eigenvalue weighted by Gasteiger charge is -2.27. The van der Waals surface area contributed by atoms with E-state index in [0.29, 0.717) is 12.1 Å². The van der Waals surface area contributed by atoms with Gasteiger partial charge in [-0.15, -0.1) is 0 Å². The second kappa shape index (κ2) is 6.25. The lowest BCUT2D eigenvalue weighted by molar-refractivity contribution is 0.234. The number of benzene rings is 1. The fourth-order valence-corrected chi connectivity index (χ4v) is 3.17. The summed E-state index contributed by atoms with van der Waals surface area (Å²) in [6, 6.07) is 10.8. The van der Waals surface area contributed by atoms with Gasteiger partial charge < -0.3 is 10.6 Å². The highest BCUT2D eigenvalue weighted by atomic mass is 15.2. The average molecular weight is 273 g/mol. The van der Waals surface area contributed by atoms with Gasteiger partial charge in [0.25, 0.3) is 0 Å². The summed E-state index contributed by atoms with van der Waals surface area (Å²) in [7, 11) is 2.27. The Morgan fingerprint density at radius 1 is 1.30 bits per heavy atom. The van der Waals surface area contributed by atoms with Crippen LogP contribution in [-0.2, 0) is 6.54 Å². The van der Waals surface area contributed by atoms with Gasteiger partial charge in [0.2, 0.25) is 0 Å². The van der Waals surface area contributed by atoms with Gasteiger partial charge >= 0.3 is 0 Å². The van der Waals surface area contributed by atoms with Crippen LogP contribution >= 0.6 is 0 Å². The molecule has 1 aromatic rings. The highest BCUT2D eigenvalue weighted by Crippen LogP contribution is 2.27. The summed E-state index contributed by atoms with van der Waals surface area (Å²) in [5, 5.41) is 7.32. The van der Waals surface area contributed by atoms with Crippen LogP contribution in [-0.4, -0.2) is 37.1 Å². The predicted octanol–water partition coefficient (Wildman–Crippen LogP) is 2.29. The van der Waals surface area contributed by atoms with Gasteiger partial charge in [-0.05, 0) is 50.9 Å². The molecule has 1 fully saturated rings. The fourth-order valence-electron chi connectivity index (χ4n) is 3.17. The molecule has 0 aromatic heterocycles. The van der Waals surface area contributed by atoms with Gasteiger partial charge in [-0.3, -0.25) is 4.90 Å². The van der Waals surface area contributed by atoms with Crippen LogP contribution in [0.15, 0.2) is 24.3 Å². The third kappa shape index (κ3) is 3.22. The minimum atomic E-state index is 0.497. The molecule has 1 heterocycles. The molecule has 110 valence electrons. The minimum Gasteiger partial charge on any atom is -0.313 e. The van der Waals surface area contributed by atoms with Crippen molar-refractivity contribution in [2.45, 2.75) is 50.9 Å². The largest absolute Gasteiger partial charge is 0.313 e. The van der Waals surface area contributed by atoms with E-state index in [9.17, 15) is 0 Å². The van der Waals surface area contributed by atoms with Crippen molar-refractivity contribution < 1.29 is 0 Å². The van der Waals surface area contributed by atoms with E-state index >= 15 is 0 Å². The normalized spacial score (nSPS) is 24.2. The Labute approximate surface area is 122 Å². The van der Waals surface area contributed by atoms with Crippen molar-refractivity contribution in [1.29, 1.82) is 0 Å². The maximum Gasteiger partial charge on any atom is 0.0336 e. The third-order valence-corrected chi connectivity index (χ3v) is 4.83. The Bertz CT molecular complexity index is 442. The fraction of sp³-hybridized carbons (Fsp3) is 0.647. The number of hydrogen-bond donors (Lipinski definition) is 2. The molecule has 3 nitrogen and oxygen atoms in total. The molecule has 0 radical (unpaired) electrons. The second-order valence-corrected chi connectivity index (χ2v) is 6.37. The monoisotopic (exact) mass is 273 g/mol. The van der Waals surface area contributed by atoms with Gasteiger partial charge in [0.1, 0.15) is 0 Å². The number of nitrogens with one attached hydrogen (secondary N) is 2. The Morgan fingerprint density at radius 3 is 2.90 bits per heavy atom. The molecule has 1 aliphatic heterocycles. The van der Waals surface area contributed by atoms with Crippen LogP contribution in [0.25, 0.3) is 0 Å². The van der Waals surface area contributed by atoms with Crippen LogP contribution in [0.2, 0.25) is 0 Å². The highest BCUT2D eigenvalue weighted by molar-refractivity contribution is 5.31. The molecule has 1 aliphatic carbocycles. The average Bonchev–Trinajstić information content (AvgIpc) is 3.31. The zero-order chi connectivity index (χ0) is 13.9. The number of fused-ring (bicyclic) bond motifs is 1. The van der Waals surface area contributed by atoms with Crippen molar-refractivity contribution in [2.75, 3.05) is 20.1 Å². The van der Waals surface area contributed by atoms with E-state index in [2.05, 4.69) is 53.8 Å².